The van der Waals surface area contributed by atoms with Gasteiger partial charge < -0.3 is 24.6 Å². The van der Waals surface area contributed by atoms with Crippen molar-refractivity contribution in [3.05, 3.63) is 0 Å². The number of amides is 3. The second-order valence-corrected chi connectivity index (χ2v) is 9.36. The molecule has 3 aliphatic heterocycles. The molecular formula is C23H36N3O5-. The van der Waals surface area contributed by atoms with E-state index in [-0.39, 0.29) is 35.8 Å². The molecule has 3 rings (SSSR count). The van der Waals surface area contributed by atoms with E-state index in [2.05, 4.69) is 0 Å². The Morgan fingerprint density at radius 1 is 0.806 bits per heavy atom. The van der Waals surface area contributed by atoms with Crippen molar-refractivity contribution in [3.63, 3.8) is 0 Å². The molecule has 3 amide bonds. The fourth-order valence-corrected chi connectivity index (χ4v) is 5.54. The van der Waals surface area contributed by atoms with Crippen LogP contribution in [0.1, 0.15) is 78.1 Å². The third-order valence-corrected chi connectivity index (χ3v) is 7.28. The van der Waals surface area contributed by atoms with Crippen LogP contribution in [-0.4, -0.2) is 76.2 Å². The second-order valence-electron chi connectivity index (χ2n) is 9.36. The van der Waals surface area contributed by atoms with Crippen LogP contribution in [0.3, 0.4) is 0 Å². The van der Waals surface area contributed by atoms with Gasteiger partial charge in [-0.25, -0.2) is 0 Å². The number of nitrogens with zero attached hydrogens (tertiary/aromatic N) is 3. The maximum Gasteiger partial charge on any atom is 0.222 e. The van der Waals surface area contributed by atoms with E-state index in [1.54, 1.807) is 0 Å². The van der Waals surface area contributed by atoms with Crippen LogP contribution in [0.4, 0.5) is 0 Å². The molecule has 174 valence electrons. The summed E-state index contributed by atoms with van der Waals surface area (Å²) in [6.07, 6.45) is 6.05. The minimum Gasteiger partial charge on any atom is -0.550 e. The van der Waals surface area contributed by atoms with Gasteiger partial charge in [-0.05, 0) is 51.9 Å². The first-order valence-corrected chi connectivity index (χ1v) is 11.9. The van der Waals surface area contributed by atoms with Crippen LogP contribution >= 0.6 is 0 Å². The van der Waals surface area contributed by atoms with Gasteiger partial charge in [-0.2, -0.15) is 0 Å². The highest BCUT2D eigenvalue weighted by atomic mass is 16.4. The number of hydrogen-bond acceptors (Lipinski definition) is 5. The van der Waals surface area contributed by atoms with Crippen LogP contribution in [0.15, 0.2) is 0 Å². The van der Waals surface area contributed by atoms with Crippen molar-refractivity contribution in [2.24, 2.45) is 5.92 Å². The van der Waals surface area contributed by atoms with E-state index in [1.807, 2.05) is 28.5 Å². The molecule has 3 saturated heterocycles. The number of carbonyl (C=O) groups excluding carboxylic acids is 4. The van der Waals surface area contributed by atoms with Gasteiger partial charge in [-0.1, -0.05) is 6.92 Å². The van der Waals surface area contributed by atoms with Crippen molar-refractivity contribution < 1.29 is 24.3 Å². The van der Waals surface area contributed by atoms with Crippen molar-refractivity contribution in [1.82, 2.24) is 14.7 Å². The van der Waals surface area contributed by atoms with E-state index in [9.17, 15) is 24.3 Å². The maximum absolute atomic E-state index is 12.6. The largest absolute Gasteiger partial charge is 0.550 e. The summed E-state index contributed by atoms with van der Waals surface area (Å²) in [6, 6.07) is -0.347. The van der Waals surface area contributed by atoms with Crippen molar-refractivity contribution in [1.29, 1.82) is 0 Å². The molecule has 0 spiro atoms. The third-order valence-electron chi connectivity index (χ3n) is 7.28. The second kappa shape index (κ2) is 10.5. The molecule has 0 aromatic carbocycles. The highest BCUT2D eigenvalue weighted by Crippen LogP contribution is 2.30. The predicted octanol–water partition coefficient (Wildman–Crippen LogP) is 0.926. The summed E-state index contributed by atoms with van der Waals surface area (Å²) in [6.45, 7) is 5.92. The number of carbonyl (C=O) groups is 4. The van der Waals surface area contributed by atoms with Crippen molar-refractivity contribution >= 4 is 23.7 Å². The zero-order chi connectivity index (χ0) is 22.5. The summed E-state index contributed by atoms with van der Waals surface area (Å²) in [5.74, 6) is -1.36. The zero-order valence-corrected chi connectivity index (χ0v) is 18.9. The van der Waals surface area contributed by atoms with Crippen LogP contribution < -0.4 is 5.11 Å². The lowest BCUT2D eigenvalue weighted by Crippen LogP contribution is -2.48. The Labute approximate surface area is 184 Å². The molecule has 0 aromatic rings. The summed E-state index contributed by atoms with van der Waals surface area (Å²) in [5.41, 5.74) is 0. The van der Waals surface area contributed by atoms with E-state index >= 15 is 0 Å². The molecule has 0 radical (unpaired) electrons. The smallest absolute Gasteiger partial charge is 0.222 e. The highest BCUT2D eigenvalue weighted by molar-refractivity contribution is 5.80. The van der Waals surface area contributed by atoms with Gasteiger partial charge >= 0.3 is 0 Å². The molecule has 0 aromatic heterocycles. The fourth-order valence-electron chi connectivity index (χ4n) is 5.54. The fraction of sp³-hybridized carbons (Fsp3) is 0.826. The van der Waals surface area contributed by atoms with E-state index in [4.69, 9.17) is 0 Å². The Balaban J connectivity index is 1.80. The number of likely N-dealkylation sites (tertiary alicyclic amines) is 3. The number of hydrogen-bond donors (Lipinski definition) is 0. The van der Waals surface area contributed by atoms with Crippen molar-refractivity contribution in [2.75, 3.05) is 19.6 Å². The lowest BCUT2D eigenvalue weighted by molar-refractivity contribution is -0.312. The Kier molecular flexibility index (Phi) is 7.94. The zero-order valence-electron chi connectivity index (χ0n) is 18.9. The number of rotatable bonds is 11. The summed E-state index contributed by atoms with van der Waals surface area (Å²) in [5, 5.41) is 11.6. The van der Waals surface area contributed by atoms with Gasteiger partial charge in [0.15, 0.2) is 0 Å². The van der Waals surface area contributed by atoms with Gasteiger partial charge in [0.05, 0.1) is 0 Å². The van der Waals surface area contributed by atoms with E-state index < -0.39 is 11.9 Å². The molecule has 4 unspecified atom stereocenters. The molecule has 0 N–H and O–H groups in total. The van der Waals surface area contributed by atoms with Gasteiger partial charge in [-0.3, -0.25) is 14.4 Å². The SMILES string of the molecule is CCC(CC(CC(CC(C)N1CCCC1=O)N1CCCC1=O)N1CCCC1=O)C(=O)[O-]. The highest BCUT2D eigenvalue weighted by Gasteiger charge is 2.37. The number of carboxylic acids is 1. The van der Waals surface area contributed by atoms with Crippen LogP contribution in [0.2, 0.25) is 0 Å². The predicted molar refractivity (Wildman–Crippen MR) is 113 cm³/mol. The van der Waals surface area contributed by atoms with Crippen molar-refractivity contribution in [3.8, 4) is 0 Å². The standard InChI is InChI=1S/C23H37N3O5/c1-3-17(23(30)31)14-19(26-12-6-9-22(26)29)15-18(25-11-5-8-21(25)28)13-16(2)24-10-4-7-20(24)27/h16-19H,3-15H2,1-2H3,(H,30,31)/p-1. The lowest BCUT2D eigenvalue weighted by Gasteiger charge is -2.39. The molecule has 8 nitrogen and oxygen atoms in total. The third kappa shape index (κ3) is 5.57. The van der Waals surface area contributed by atoms with Crippen LogP contribution in [0, 0.1) is 5.92 Å². The lowest BCUT2D eigenvalue weighted by atomic mass is 9.90. The van der Waals surface area contributed by atoms with Gasteiger partial charge in [0.1, 0.15) is 0 Å². The molecule has 4 atom stereocenters. The van der Waals surface area contributed by atoms with Gasteiger partial charge in [-0.15, -0.1) is 0 Å². The first-order valence-electron chi connectivity index (χ1n) is 11.9. The molecule has 0 aliphatic carbocycles. The molecule has 3 heterocycles. The Morgan fingerprint density at radius 3 is 1.65 bits per heavy atom. The van der Waals surface area contributed by atoms with E-state index in [0.29, 0.717) is 58.0 Å². The molecule has 8 heteroatoms. The average molecular weight is 435 g/mol. The summed E-state index contributed by atoms with van der Waals surface area (Å²) in [7, 11) is 0. The van der Waals surface area contributed by atoms with Crippen LogP contribution in [0.5, 0.6) is 0 Å². The Hall–Kier alpha value is -2.12. The average Bonchev–Trinajstić information content (AvgIpc) is 3.45. The van der Waals surface area contributed by atoms with Gasteiger partial charge in [0.25, 0.3) is 0 Å². The normalized spacial score (nSPS) is 23.5. The van der Waals surface area contributed by atoms with Gasteiger partial charge in [0.2, 0.25) is 17.7 Å². The van der Waals surface area contributed by atoms with Gasteiger partial charge in [0, 0.05) is 68.9 Å². The quantitative estimate of drug-likeness (QED) is 0.481. The summed E-state index contributed by atoms with van der Waals surface area (Å²) in [4.78, 5) is 54.6. The van der Waals surface area contributed by atoms with Crippen LogP contribution in [0.25, 0.3) is 0 Å². The number of aliphatic carboxylic acids is 1. The minimum atomic E-state index is -1.08. The Bertz CT molecular complexity index is 697. The molecule has 31 heavy (non-hydrogen) atoms. The number of carboxylic acid groups (broad SMARTS) is 1. The summed E-state index contributed by atoms with van der Waals surface area (Å²) >= 11 is 0. The minimum absolute atomic E-state index is 0.00596. The topological polar surface area (TPSA) is 101 Å². The molecular weight excluding hydrogens is 398 g/mol. The molecule has 3 fully saturated rings. The monoisotopic (exact) mass is 434 g/mol. The first-order chi connectivity index (χ1) is 14.8. The van der Waals surface area contributed by atoms with E-state index in [0.717, 1.165) is 25.8 Å². The van der Waals surface area contributed by atoms with Crippen LogP contribution in [-0.2, 0) is 19.2 Å². The maximum atomic E-state index is 12.6. The molecule has 0 bridgehead atoms. The van der Waals surface area contributed by atoms with E-state index in [1.165, 1.54) is 0 Å². The Morgan fingerprint density at radius 2 is 1.26 bits per heavy atom. The molecule has 3 aliphatic rings. The molecule has 0 saturated carbocycles. The first kappa shape index (κ1) is 23.5. The summed E-state index contributed by atoms with van der Waals surface area (Å²) < 4.78 is 0. The van der Waals surface area contributed by atoms with Crippen molar-refractivity contribution in [2.45, 2.75) is 96.2 Å².